The average Bonchev–Trinajstić information content (AvgIpc) is 2.30. The normalized spacial score (nSPS) is 9.89. The Hall–Kier alpha value is -2.08. The van der Waals surface area contributed by atoms with E-state index in [-0.39, 0.29) is 25.0 Å². The predicted octanol–water partition coefficient (Wildman–Crippen LogP) is 1.28. The number of aliphatic hydroxyl groups is 1. The van der Waals surface area contributed by atoms with Gasteiger partial charge in [-0.25, -0.2) is 0 Å². The zero-order valence-corrected chi connectivity index (χ0v) is 11.2. The fraction of sp³-hybridized carbons (Fsp3) is 0.385. The first-order valence-electron chi connectivity index (χ1n) is 5.87. The summed E-state index contributed by atoms with van der Waals surface area (Å²) >= 11 is 0. The Kier molecular flexibility index (Phi) is 5.32. The van der Waals surface area contributed by atoms with E-state index in [1.165, 1.54) is 13.8 Å². The molecule has 6 nitrogen and oxygen atoms in total. The van der Waals surface area contributed by atoms with Crippen LogP contribution in [0.25, 0.3) is 0 Å². The summed E-state index contributed by atoms with van der Waals surface area (Å²) < 4.78 is 5.30. The number of nitrogens with one attached hydrogen (secondary N) is 2. The Morgan fingerprint density at radius 1 is 1.16 bits per heavy atom. The molecule has 0 atom stereocenters. The molecular weight excluding hydrogens is 248 g/mol. The SMILES string of the molecule is CC(=O)Nc1cc(OCCO)cc(NC(C)=O)c1C. The topological polar surface area (TPSA) is 87.7 Å². The second-order valence-corrected chi connectivity index (χ2v) is 4.08. The van der Waals surface area contributed by atoms with Crippen molar-refractivity contribution in [2.75, 3.05) is 23.8 Å². The number of benzene rings is 1. The van der Waals surface area contributed by atoms with Crippen molar-refractivity contribution in [1.82, 2.24) is 0 Å². The van der Waals surface area contributed by atoms with Gasteiger partial charge in [-0.3, -0.25) is 9.59 Å². The molecule has 3 N–H and O–H groups in total. The van der Waals surface area contributed by atoms with Crippen LogP contribution < -0.4 is 15.4 Å². The van der Waals surface area contributed by atoms with Gasteiger partial charge in [0.25, 0.3) is 0 Å². The molecule has 0 saturated carbocycles. The van der Waals surface area contributed by atoms with Crippen molar-refractivity contribution >= 4 is 23.2 Å². The first kappa shape index (κ1) is 15.0. The molecule has 0 aromatic heterocycles. The minimum Gasteiger partial charge on any atom is -0.491 e. The van der Waals surface area contributed by atoms with Crippen LogP contribution in [0.15, 0.2) is 12.1 Å². The Balaban J connectivity index is 3.13. The maximum Gasteiger partial charge on any atom is 0.221 e. The van der Waals surface area contributed by atoms with Crippen molar-refractivity contribution in [3.63, 3.8) is 0 Å². The minimum atomic E-state index is -0.212. The van der Waals surface area contributed by atoms with Gasteiger partial charge in [0.1, 0.15) is 12.4 Å². The lowest BCUT2D eigenvalue weighted by atomic mass is 10.1. The van der Waals surface area contributed by atoms with Crippen LogP contribution in [-0.2, 0) is 9.59 Å². The molecule has 6 heteroatoms. The van der Waals surface area contributed by atoms with E-state index in [0.717, 1.165) is 5.56 Å². The molecule has 0 saturated heterocycles. The summed E-state index contributed by atoms with van der Waals surface area (Å²) in [5.41, 5.74) is 1.86. The lowest BCUT2D eigenvalue weighted by Gasteiger charge is -2.15. The Morgan fingerprint density at radius 2 is 1.63 bits per heavy atom. The molecule has 0 aliphatic carbocycles. The van der Waals surface area contributed by atoms with Gasteiger partial charge in [0.2, 0.25) is 11.8 Å². The molecule has 1 aromatic rings. The van der Waals surface area contributed by atoms with E-state index in [2.05, 4.69) is 10.6 Å². The maximum atomic E-state index is 11.1. The first-order valence-corrected chi connectivity index (χ1v) is 5.87. The van der Waals surface area contributed by atoms with Crippen LogP contribution in [0.1, 0.15) is 19.4 Å². The van der Waals surface area contributed by atoms with E-state index in [9.17, 15) is 9.59 Å². The lowest BCUT2D eigenvalue weighted by molar-refractivity contribution is -0.115. The molecule has 1 rings (SSSR count). The number of carbonyl (C=O) groups excluding carboxylic acids is 2. The first-order chi connectivity index (χ1) is 8.93. The van der Waals surface area contributed by atoms with Gasteiger partial charge in [0.15, 0.2) is 0 Å². The Bertz CT molecular complexity index is 449. The number of carbonyl (C=O) groups is 2. The van der Waals surface area contributed by atoms with Crippen LogP contribution in [0.3, 0.4) is 0 Å². The second-order valence-electron chi connectivity index (χ2n) is 4.08. The van der Waals surface area contributed by atoms with Crippen LogP contribution in [0.5, 0.6) is 5.75 Å². The van der Waals surface area contributed by atoms with Crippen LogP contribution in [0, 0.1) is 6.92 Å². The molecule has 0 spiro atoms. The minimum absolute atomic E-state index is 0.112. The van der Waals surface area contributed by atoms with Gasteiger partial charge >= 0.3 is 0 Å². The summed E-state index contributed by atoms with van der Waals surface area (Å²) in [4.78, 5) is 22.3. The van der Waals surface area contributed by atoms with E-state index < -0.39 is 0 Å². The monoisotopic (exact) mass is 266 g/mol. The van der Waals surface area contributed by atoms with Crippen molar-refractivity contribution in [2.24, 2.45) is 0 Å². The Labute approximate surface area is 111 Å². The van der Waals surface area contributed by atoms with Crippen LogP contribution in [0.2, 0.25) is 0 Å². The van der Waals surface area contributed by atoms with E-state index >= 15 is 0 Å². The highest BCUT2D eigenvalue weighted by Gasteiger charge is 2.10. The molecule has 2 amide bonds. The molecule has 0 radical (unpaired) electrons. The summed E-state index contributed by atoms with van der Waals surface area (Å²) in [5, 5.41) is 14.1. The van der Waals surface area contributed by atoms with Gasteiger partial charge in [0.05, 0.1) is 6.61 Å². The van der Waals surface area contributed by atoms with E-state index in [4.69, 9.17) is 9.84 Å². The van der Waals surface area contributed by atoms with Crippen LogP contribution >= 0.6 is 0 Å². The van der Waals surface area contributed by atoms with Crippen molar-refractivity contribution in [2.45, 2.75) is 20.8 Å². The van der Waals surface area contributed by atoms with Crippen molar-refractivity contribution in [1.29, 1.82) is 0 Å². The summed E-state index contributed by atoms with van der Waals surface area (Å²) in [6.07, 6.45) is 0. The number of amides is 2. The smallest absolute Gasteiger partial charge is 0.221 e. The molecule has 104 valence electrons. The standard InChI is InChI=1S/C13H18N2O4/c1-8-12(14-9(2)17)6-11(19-5-4-16)7-13(8)15-10(3)18/h6-7,16H,4-5H2,1-3H3,(H,14,17)(H,15,18). The molecule has 1 aromatic carbocycles. The van der Waals surface area contributed by atoms with Crippen molar-refractivity contribution < 1.29 is 19.4 Å². The zero-order valence-electron chi connectivity index (χ0n) is 11.2. The molecule has 0 heterocycles. The molecule has 0 fully saturated rings. The van der Waals surface area contributed by atoms with Gasteiger partial charge in [-0.2, -0.15) is 0 Å². The fourth-order valence-corrected chi connectivity index (χ4v) is 1.57. The van der Waals surface area contributed by atoms with Gasteiger partial charge < -0.3 is 20.5 Å². The molecule has 0 aliphatic heterocycles. The van der Waals surface area contributed by atoms with Gasteiger partial charge in [-0.15, -0.1) is 0 Å². The van der Waals surface area contributed by atoms with Crippen molar-refractivity contribution in [3.8, 4) is 5.75 Å². The quantitative estimate of drug-likeness (QED) is 0.749. The van der Waals surface area contributed by atoms with Crippen molar-refractivity contribution in [3.05, 3.63) is 17.7 Å². The van der Waals surface area contributed by atoms with Crippen LogP contribution in [0.4, 0.5) is 11.4 Å². The molecule has 0 bridgehead atoms. The fourth-order valence-electron chi connectivity index (χ4n) is 1.57. The average molecular weight is 266 g/mol. The number of aliphatic hydroxyl groups excluding tert-OH is 1. The molecule has 0 unspecified atom stereocenters. The summed E-state index contributed by atoms with van der Waals surface area (Å²) in [7, 11) is 0. The largest absolute Gasteiger partial charge is 0.491 e. The molecule has 19 heavy (non-hydrogen) atoms. The zero-order chi connectivity index (χ0) is 14.4. The summed E-state index contributed by atoms with van der Waals surface area (Å²) in [6.45, 7) is 4.62. The number of rotatable bonds is 5. The number of hydrogen-bond acceptors (Lipinski definition) is 4. The summed E-state index contributed by atoms with van der Waals surface area (Å²) in [6, 6.07) is 3.30. The third-order valence-corrected chi connectivity index (χ3v) is 2.36. The second kappa shape index (κ2) is 6.75. The number of ether oxygens (including phenoxy) is 1. The van der Waals surface area contributed by atoms with Gasteiger partial charge in [-0.1, -0.05) is 0 Å². The third kappa shape index (κ3) is 4.59. The van der Waals surface area contributed by atoms with Gasteiger partial charge in [0, 0.05) is 37.4 Å². The summed E-state index contributed by atoms with van der Waals surface area (Å²) in [5.74, 6) is 0.0412. The van der Waals surface area contributed by atoms with Crippen LogP contribution in [-0.4, -0.2) is 30.1 Å². The van der Waals surface area contributed by atoms with E-state index in [1.54, 1.807) is 19.1 Å². The highest BCUT2D eigenvalue weighted by Crippen LogP contribution is 2.30. The highest BCUT2D eigenvalue weighted by molar-refractivity contribution is 5.94. The lowest BCUT2D eigenvalue weighted by Crippen LogP contribution is -2.12. The third-order valence-electron chi connectivity index (χ3n) is 2.36. The molecule has 0 aliphatic rings. The van der Waals surface area contributed by atoms with E-state index in [0.29, 0.717) is 17.1 Å². The van der Waals surface area contributed by atoms with Gasteiger partial charge in [-0.05, 0) is 12.5 Å². The van der Waals surface area contributed by atoms with E-state index in [1.807, 2.05) is 0 Å². The predicted molar refractivity (Wildman–Crippen MR) is 72.4 cm³/mol. The Morgan fingerprint density at radius 3 is 2.00 bits per heavy atom. The maximum absolute atomic E-state index is 11.1. The number of hydrogen-bond donors (Lipinski definition) is 3. The molecular formula is C13H18N2O4. The number of anilines is 2. The highest BCUT2D eigenvalue weighted by atomic mass is 16.5.